The highest BCUT2D eigenvalue weighted by Gasteiger charge is 2.35. The molecule has 2 fully saturated rings. The number of rotatable bonds is 3. The van der Waals surface area contributed by atoms with Crippen LogP contribution in [-0.4, -0.2) is 45.4 Å². The summed E-state index contributed by atoms with van der Waals surface area (Å²) in [6.07, 6.45) is 12.7. The van der Waals surface area contributed by atoms with E-state index < -0.39 is 0 Å². The van der Waals surface area contributed by atoms with Crippen molar-refractivity contribution in [2.45, 2.75) is 31.7 Å². The average Bonchev–Trinajstić information content (AvgIpc) is 3.19. The van der Waals surface area contributed by atoms with E-state index in [1.807, 2.05) is 24.5 Å². The summed E-state index contributed by atoms with van der Waals surface area (Å²) in [7, 11) is 0. The highest BCUT2D eigenvalue weighted by atomic mass is 16.2. The van der Waals surface area contributed by atoms with E-state index >= 15 is 0 Å². The molecule has 6 nitrogen and oxygen atoms in total. The predicted molar refractivity (Wildman–Crippen MR) is 94.9 cm³/mol. The van der Waals surface area contributed by atoms with Crippen LogP contribution in [0, 0.1) is 5.92 Å². The Morgan fingerprint density at radius 3 is 2.48 bits per heavy atom. The molecule has 4 heterocycles. The van der Waals surface area contributed by atoms with Gasteiger partial charge in [0.2, 0.25) is 5.91 Å². The van der Waals surface area contributed by atoms with Crippen molar-refractivity contribution in [3.63, 3.8) is 0 Å². The first kappa shape index (κ1) is 16.0. The lowest BCUT2D eigenvalue weighted by Gasteiger charge is -2.35. The smallest absolute Gasteiger partial charge is 0.226 e. The van der Waals surface area contributed by atoms with Crippen molar-refractivity contribution in [1.82, 2.24) is 19.9 Å². The zero-order valence-electron chi connectivity index (χ0n) is 14.3. The molecule has 0 bridgehead atoms. The van der Waals surface area contributed by atoms with E-state index in [4.69, 9.17) is 0 Å². The Bertz CT molecular complexity index is 700. The van der Waals surface area contributed by atoms with Crippen LogP contribution in [0.15, 0.2) is 43.1 Å². The van der Waals surface area contributed by atoms with Crippen molar-refractivity contribution in [2.75, 3.05) is 24.5 Å². The van der Waals surface area contributed by atoms with Crippen molar-refractivity contribution in [3.8, 4) is 0 Å². The van der Waals surface area contributed by atoms with Crippen molar-refractivity contribution >= 4 is 11.7 Å². The number of piperidine rings is 1. The molecule has 1 atom stereocenters. The Balaban J connectivity index is 1.40. The van der Waals surface area contributed by atoms with Crippen molar-refractivity contribution in [3.05, 3.63) is 48.7 Å². The molecule has 4 rings (SSSR count). The number of likely N-dealkylation sites (tertiary alicyclic amines) is 1. The van der Waals surface area contributed by atoms with Gasteiger partial charge in [0.1, 0.15) is 5.82 Å². The van der Waals surface area contributed by atoms with Gasteiger partial charge in [-0.25, -0.2) is 4.98 Å². The molecule has 2 aliphatic heterocycles. The fourth-order valence-corrected chi connectivity index (χ4v) is 4.01. The lowest BCUT2D eigenvalue weighted by molar-refractivity contribution is -0.137. The summed E-state index contributed by atoms with van der Waals surface area (Å²) in [6.45, 7) is 2.60. The fraction of sp³-hybridized carbons (Fsp3) is 0.474. The lowest BCUT2D eigenvalue weighted by atomic mass is 9.94. The van der Waals surface area contributed by atoms with Crippen LogP contribution in [0.3, 0.4) is 0 Å². The maximum Gasteiger partial charge on any atom is 0.226 e. The predicted octanol–water partition coefficient (Wildman–Crippen LogP) is 2.45. The summed E-state index contributed by atoms with van der Waals surface area (Å²) in [5.74, 6) is 1.35. The van der Waals surface area contributed by atoms with Gasteiger partial charge in [-0.15, -0.1) is 0 Å². The number of carbonyl (C=O) groups is 1. The second-order valence-electron chi connectivity index (χ2n) is 6.80. The molecular formula is C19H23N5O. The first-order valence-corrected chi connectivity index (χ1v) is 9.04. The van der Waals surface area contributed by atoms with Crippen molar-refractivity contribution in [1.29, 1.82) is 0 Å². The Morgan fingerprint density at radius 2 is 1.76 bits per heavy atom. The van der Waals surface area contributed by atoms with Gasteiger partial charge in [-0.1, -0.05) is 0 Å². The van der Waals surface area contributed by atoms with E-state index in [1.165, 1.54) is 5.56 Å². The van der Waals surface area contributed by atoms with Crippen LogP contribution < -0.4 is 4.90 Å². The molecular weight excluding hydrogens is 314 g/mol. The Kier molecular flexibility index (Phi) is 4.59. The van der Waals surface area contributed by atoms with Crippen LogP contribution in [0.5, 0.6) is 0 Å². The van der Waals surface area contributed by atoms with Gasteiger partial charge in [0.25, 0.3) is 0 Å². The second kappa shape index (κ2) is 7.17. The summed E-state index contributed by atoms with van der Waals surface area (Å²) in [5.41, 5.74) is 1.21. The molecule has 0 spiro atoms. The van der Waals surface area contributed by atoms with Crippen LogP contribution in [-0.2, 0) is 4.79 Å². The molecule has 1 unspecified atom stereocenters. The van der Waals surface area contributed by atoms with Gasteiger partial charge in [0, 0.05) is 50.3 Å². The van der Waals surface area contributed by atoms with Gasteiger partial charge in [-0.05, 0) is 43.4 Å². The third-order valence-corrected chi connectivity index (χ3v) is 5.34. The topological polar surface area (TPSA) is 62.2 Å². The van der Waals surface area contributed by atoms with Crippen molar-refractivity contribution in [2.24, 2.45) is 5.92 Å². The van der Waals surface area contributed by atoms with Crippen LogP contribution in [0.1, 0.15) is 37.3 Å². The summed E-state index contributed by atoms with van der Waals surface area (Å²) in [4.78, 5) is 30.0. The normalized spacial score (nSPS) is 21.5. The number of aromatic nitrogens is 3. The highest BCUT2D eigenvalue weighted by Crippen LogP contribution is 2.34. The van der Waals surface area contributed by atoms with E-state index in [0.717, 1.165) is 51.1 Å². The third kappa shape index (κ3) is 3.34. The minimum Gasteiger partial charge on any atom is -0.355 e. The monoisotopic (exact) mass is 337 g/mol. The Labute approximate surface area is 147 Å². The number of hydrogen-bond donors (Lipinski definition) is 0. The number of amides is 1. The molecule has 0 radical (unpaired) electrons. The molecule has 130 valence electrons. The minimum absolute atomic E-state index is 0.121. The molecule has 0 N–H and O–H groups in total. The number of pyridine rings is 1. The molecule has 0 saturated carbocycles. The number of anilines is 1. The Hall–Kier alpha value is -2.50. The van der Waals surface area contributed by atoms with Gasteiger partial charge >= 0.3 is 0 Å². The zero-order valence-corrected chi connectivity index (χ0v) is 14.3. The number of nitrogens with zero attached hydrogens (tertiary/aromatic N) is 5. The summed E-state index contributed by atoms with van der Waals surface area (Å²) in [5, 5.41) is 0. The second-order valence-corrected chi connectivity index (χ2v) is 6.80. The molecule has 2 aromatic heterocycles. The van der Waals surface area contributed by atoms with E-state index in [9.17, 15) is 4.79 Å². The molecule has 2 aromatic rings. The van der Waals surface area contributed by atoms with E-state index in [1.54, 1.807) is 18.6 Å². The summed E-state index contributed by atoms with van der Waals surface area (Å²) < 4.78 is 0. The molecule has 0 aromatic carbocycles. The molecule has 0 aliphatic carbocycles. The first-order valence-electron chi connectivity index (χ1n) is 9.04. The number of hydrogen-bond acceptors (Lipinski definition) is 5. The van der Waals surface area contributed by atoms with Gasteiger partial charge in [0.15, 0.2) is 0 Å². The van der Waals surface area contributed by atoms with Gasteiger partial charge in [-0.2, -0.15) is 0 Å². The Morgan fingerprint density at radius 1 is 0.960 bits per heavy atom. The van der Waals surface area contributed by atoms with E-state index in [2.05, 4.69) is 24.8 Å². The molecule has 25 heavy (non-hydrogen) atoms. The van der Waals surface area contributed by atoms with Crippen LogP contribution in [0.4, 0.5) is 5.82 Å². The van der Waals surface area contributed by atoms with E-state index in [0.29, 0.717) is 5.91 Å². The lowest BCUT2D eigenvalue weighted by Crippen LogP contribution is -2.42. The minimum atomic E-state index is 0.121. The third-order valence-electron chi connectivity index (χ3n) is 5.34. The molecule has 6 heteroatoms. The van der Waals surface area contributed by atoms with Crippen LogP contribution in [0.2, 0.25) is 0 Å². The average molecular weight is 337 g/mol. The van der Waals surface area contributed by atoms with Gasteiger partial charge < -0.3 is 9.80 Å². The van der Waals surface area contributed by atoms with Gasteiger partial charge in [-0.3, -0.25) is 14.8 Å². The highest BCUT2D eigenvalue weighted by molar-refractivity contribution is 5.80. The van der Waals surface area contributed by atoms with E-state index in [-0.39, 0.29) is 12.0 Å². The van der Waals surface area contributed by atoms with Gasteiger partial charge in [0.05, 0.1) is 12.2 Å². The first-order chi connectivity index (χ1) is 12.3. The molecule has 1 amide bonds. The fourth-order valence-electron chi connectivity index (χ4n) is 4.01. The quantitative estimate of drug-likeness (QED) is 0.861. The zero-order chi connectivity index (χ0) is 17.1. The SMILES string of the molecule is O=C(C1CCN(c2cnccn2)CC1)N1CCCC1c1ccncc1. The number of carbonyl (C=O) groups excluding carboxylic acids is 1. The summed E-state index contributed by atoms with van der Waals surface area (Å²) in [6, 6.07) is 4.29. The largest absolute Gasteiger partial charge is 0.355 e. The molecule has 2 saturated heterocycles. The standard InChI is InChI=1S/C19H23N5O/c25-19(24-11-1-2-17(24)15-3-7-20-8-4-15)16-5-12-23(13-6-16)18-14-21-9-10-22-18/h3-4,7-10,14,16-17H,1-2,5-6,11-13H2. The van der Waals surface area contributed by atoms with Crippen LogP contribution >= 0.6 is 0 Å². The van der Waals surface area contributed by atoms with Crippen LogP contribution in [0.25, 0.3) is 0 Å². The maximum atomic E-state index is 13.1. The summed E-state index contributed by atoms with van der Waals surface area (Å²) >= 11 is 0. The maximum absolute atomic E-state index is 13.1. The molecule has 2 aliphatic rings. The van der Waals surface area contributed by atoms with Crippen molar-refractivity contribution < 1.29 is 4.79 Å².